The summed E-state index contributed by atoms with van der Waals surface area (Å²) in [5.41, 5.74) is 1.79. The molecular formula is C22H28N2O6. The molecule has 30 heavy (non-hydrogen) atoms. The molecule has 0 radical (unpaired) electrons. The van der Waals surface area contributed by atoms with Crippen LogP contribution in [0.4, 0.5) is 5.69 Å². The number of benzene rings is 1. The molecule has 0 saturated carbocycles. The fourth-order valence-electron chi connectivity index (χ4n) is 2.89. The third-order valence-corrected chi connectivity index (χ3v) is 4.29. The van der Waals surface area contributed by atoms with Crippen molar-refractivity contribution < 1.29 is 28.6 Å². The van der Waals surface area contributed by atoms with Crippen LogP contribution in [0.25, 0.3) is 0 Å². The second-order valence-corrected chi connectivity index (χ2v) is 7.05. The summed E-state index contributed by atoms with van der Waals surface area (Å²) in [4.78, 5) is 40.2. The van der Waals surface area contributed by atoms with E-state index in [9.17, 15) is 14.4 Å². The summed E-state index contributed by atoms with van der Waals surface area (Å²) in [6.07, 6.45) is -1.36. The van der Waals surface area contributed by atoms with Gasteiger partial charge in [0.1, 0.15) is 11.4 Å². The summed E-state index contributed by atoms with van der Waals surface area (Å²) in [5, 5.41) is 2.70. The van der Waals surface area contributed by atoms with Gasteiger partial charge in [-0.3, -0.25) is 4.79 Å². The zero-order valence-corrected chi connectivity index (χ0v) is 18.1. The highest BCUT2D eigenvalue weighted by Crippen LogP contribution is 2.24. The number of aromatic amines is 1. The van der Waals surface area contributed by atoms with Gasteiger partial charge in [-0.15, -0.1) is 0 Å². The van der Waals surface area contributed by atoms with Crippen molar-refractivity contribution in [3.05, 3.63) is 46.8 Å². The highest BCUT2D eigenvalue weighted by molar-refractivity contribution is 6.00. The molecule has 0 bridgehead atoms. The van der Waals surface area contributed by atoms with E-state index in [0.717, 1.165) is 0 Å². The lowest BCUT2D eigenvalue weighted by Crippen LogP contribution is -2.30. The maximum Gasteiger partial charge on any atom is 0.355 e. The molecule has 0 aliphatic carbocycles. The molecule has 0 saturated heterocycles. The number of H-pyrrole nitrogens is 1. The Kier molecular flexibility index (Phi) is 7.63. The second kappa shape index (κ2) is 9.96. The van der Waals surface area contributed by atoms with Crippen molar-refractivity contribution in [2.75, 3.05) is 11.9 Å². The first-order valence-electron chi connectivity index (χ1n) is 9.79. The Morgan fingerprint density at radius 2 is 1.70 bits per heavy atom. The number of esters is 2. The van der Waals surface area contributed by atoms with E-state index < -0.39 is 23.9 Å². The van der Waals surface area contributed by atoms with Gasteiger partial charge >= 0.3 is 11.9 Å². The van der Waals surface area contributed by atoms with Gasteiger partial charge in [0.15, 0.2) is 6.10 Å². The largest absolute Gasteiger partial charge is 0.492 e. The number of ether oxygens (including phenoxy) is 3. The van der Waals surface area contributed by atoms with Crippen LogP contribution in [0.2, 0.25) is 0 Å². The fourth-order valence-corrected chi connectivity index (χ4v) is 2.89. The molecule has 2 N–H and O–H groups in total. The maximum absolute atomic E-state index is 12.6. The molecule has 2 rings (SSSR count). The van der Waals surface area contributed by atoms with Crippen LogP contribution in [0, 0.1) is 13.8 Å². The van der Waals surface area contributed by atoms with Crippen molar-refractivity contribution in [1.82, 2.24) is 4.98 Å². The van der Waals surface area contributed by atoms with Gasteiger partial charge < -0.3 is 24.5 Å². The molecule has 1 amide bonds. The number of rotatable bonds is 8. The van der Waals surface area contributed by atoms with Gasteiger partial charge in [0, 0.05) is 5.69 Å². The second-order valence-electron chi connectivity index (χ2n) is 7.05. The van der Waals surface area contributed by atoms with Gasteiger partial charge in [-0.1, -0.05) is 12.1 Å². The lowest BCUT2D eigenvalue weighted by atomic mass is 10.1. The van der Waals surface area contributed by atoms with Gasteiger partial charge in [-0.2, -0.15) is 0 Å². The zero-order valence-electron chi connectivity index (χ0n) is 18.1. The Morgan fingerprint density at radius 3 is 2.33 bits per heavy atom. The minimum absolute atomic E-state index is 0.109. The average molecular weight is 416 g/mol. The Bertz CT molecular complexity index is 932. The standard InChI is InChI=1S/C22H28N2O6/c1-7-28-17-11-9-8-10-16(17)24-20(25)15(6)30-22(27)19-13(4)18(14(5)23-19)21(26)29-12(2)3/h8-12,15,23H,7H2,1-6H3,(H,24,25)/t15-/m1/s1. The molecule has 1 heterocycles. The van der Waals surface area contributed by atoms with Crippen LogP contribution < -0.4 is 10.1 Å². The molecule has 1 aromatic heterocycles. The van der Waals surface area contributed by atoms with Crippen LogP contribution in [0.1, 0.15) is 59.8 Å². The lowest BCUT2D eigenvalue weighted by molar-refractivity contribution is -0.123. The van der Waals surface area contributed by atoms with Gasteiger partial charge in [0.05, 0.1) is 24.0 Å². The third-order valence-electron chi connectivity index (χ3n) is 4.29. The van der Waals surface area contributed by atoms with Crippen molar-refractivity contribution >= 4 is 23.5 Å². The number of carbonyl (C=O) groups excluding carboxylic acids is 3. The lowest BCUT2D eigenvalue weighted by Gasteiger charge is -2.15. The smallest absolute Gasteiger partial charge is 0.355 e. The molecule has 8 heteroatoms. The predicted octanol–water partition coefficient (Wildman–Crippen LogP) is 3.78. The summed E-state index contributed by atoms with van der Waals surface area (Å²) < 4.78 is 16.0. The molecule has 162 valence electrons. The van der Waals surface area contributed by atoms with Gasteiger partial charge in [-0.05, 0) is 59.2 Å². The summed E-state index contributed by atoms with van der Waals surface area (Å²) in [5.74, 6) is -1.24. The number of para-hydroxylation sites is 2. The van der Waals surface area contributed by atoms with E-state index >= 15 is 0 Å². The van der Waals surface area contributed by atoms with Crippen molar-refractivity contribution in [2.45, 2.75) is 53.8 Å². The summed E-state index contributed by atoms with van der Waals surface area (Å²) >= 11 is 0. The van der Waals surface area contributed by atoms with Gasteiger partial charge in [-0.25, -0.2) is 9.59 Å². The predicted molar refractivity (Wildman–Crippen MR) is 112 cm³/mol. The maximum atomic E-state index is 12.6. The van der Waals surface area contributed by atoms with E-state index in [1.165, 1.54) is 6.92 Å². The van der Waals surface area contributed by atoms with Crippen molar-refractivity contribution in [3.8, 4) is 5.75 Å². The molecule has 0 spiro atoms. The summed E-state index contributed by atoms with van der Waals surface area (Å²) in [6.45, 7) is 10.5. The van der Waals surface area contributed by atoms with Crippen molar-refractivity contribution in [1.29, 1.82) is 0 Å². The number of aryl methyl sites for hydroxylation is 1. The van der Waals surface area contributed by atoms with Gasteiger partial charge in [0.2, 0.25) is 0 Å². The topological polar surface area (TPSA) is 107 Å². The Balaban J connectivity index is 2.11. The Labute approximate surface area is 175 Å². The normalized spacial score (nSPS) is 11.7. The average Bonchev–Trinajstić information content (AvgIpc) is 2.97. The van der Waals surface area contributed by atoms with Gasteiger partial charge in [0.25, 0.3) is 5.91 Å². The van der Waals surface area contributed by atoms with Crippen LogP contribution in [0.5, 0.6) is 5.75 Å². The molecule has 0 aliphatic heterocycles. The Hall–Kier alpha value is -3.29. The van der Waals surface area contributed by atoms with E-state index in [4.69, 9.17) is 14.2 Å². The highest BCUT2D eigenvalue weighted by Gasteiger charge is 2.27. The highest BCUT2D eigenvalue weighted by atomic mass is 16.6. The fraction of sp³-hybridized carbons (Fsp3) is 0.409. The van der Waals surface area contributed by atoms with E-state index in [1.807, 2.05) is 6.92 Å². The molecule has 1 aromatic carbocycles. The van der Waals surface area contributed by atoms with Crippen LogP contribution >= 0.6 is 0 Å². The van der Waals surface area contributed by atoms with Crippen LogP contribution in [-0.4, -0.2) is 41.6 Å². The number of hydrogen-bond donors (Lipinski definition) is 2. The first kappa shape index (κ1) is 23.0. The quantitative estimate of drug-likeness (QED) is 0.634. The molecule has 0 aliphatic rings. The zero-order chi connectivity index (χ0) is 22.4. The van der Waals surface area contributed by atoms with E-state index in [1.54, 1.807) is 52.0 Å². The van der Waals surface area contributed by atoms with Crippen LogP contribution in [-0.2, 0) is 14.3 Å². The minimum Gasteiger partial charge on any atom is -0.492 e. The summed E-state index contributed by atoms with van der Waals surface area (Å²) in [6, 6.07) is 6.99. The third kappa shape index (κ3) is 5.40. The SMILES string of the molecule is CCOc1ccccc1NC(=O)[C@@H](C)OC(=O)c1[nH]c(C)c(C(=O)OC(C)C)c1C. The number of nitrogens with one attached hydrogen (secondary N) is 2. The number of amides is 1. The van der Waals surface area contributed by atoms with Crippen molar-refractivity contribution in [3.63, 3.8) is 0 Å². The molecular weight excluding hydrogens is 388 g/mol. The molecule has 0 fully saturated rings. The van der Waals surface area contributed by atoms with Crippen LogP contribution in [0.15, 0.2) is 24.3 Å². The first-order chi connectivity index (χ1) is 14.1. The monoisotopic (exact) mass is 416 g/mol. The number of anilines is 1. The Morgan fingerprint density at radius 1 is 1.03 bits per heavy atom. The number of carbonyl (C=O) groups is 3. The molecule has 1 atom stereocenters. The van der Waals surface area contributed by atoms with E-state index in [0.29, 0.717) is 34.9 Å². The van der Waals surface area contributed by atoms with E-state index in [2.05, 4.69) is 10.3 Å². The molecule has 0 unspecified atom stereocenters. The molecule has 8 nitrogen and oxygen atoms in total. The van der Waals surface area contributed by atoms with Crippen molar-refractivity contribution in [2.24, 2.45) is 0 Å². The van der Waals surface area contributed by atoms with Crippen LogP contribution in [0.3, 0.4) is 0 Å². The number of hydrogen-bond acceptors (Lipinski definition) is 6. The summed E-state index contributed by atoms with van der Waals surface area (Å²) in [7, 11) is 0. The minimum atomic E-state index is -1.07. The first-order valence-corrected chi connectivity index (χ1v) is 9.79. The number of aromatic nitrogens is 1. The van der Waals surface area contributed by atoms with E-state index in [-0.39, 0.29) is 11.8 Å². The molecule has 2 aromatic rings.